The summed E-state index contributed by atoms with van der Waals surface area (Å²) in [5.41, 5.74) is -0.633. The van der Waals surface area contributed by atoms with Gasteiger partial charge in [-0.15, -0.1) is 0 Å². The van der Waals surface area contributed by atoms with Gasteiger partial charge in [-0.25, -0.2) is 22.2 Å². The van der Waals surface area contributed by atoms with Crippen LogP contribution in [-0.2, 0) is 15.0 Å². The number of fused-ring (bicyclic) bond motifs is 1. The van der Waals surface area contributed by atoms with Crippen LogP contribution in [0, 0.1) is 5.82 Å². The van der Waals surface area contributed by atoms with Gasteiger partial charge in [-0.2, -0.15) is 8.42 Å². The van der Waals surface area contributed by atoms with Gasteiger partial charge in [0.1, 0.15) is 23.7 Å². The number of hydrogen-bond acceptors (Lipinski definition) is 5. The summed E-state index contributed by atoms with van der Waals surface area (Å²) in [5.74, 6) is -2.25. The smallest absolute Gasteiger partial charge is 0.326 e. The number of nitrogens with zero attached hydrogens (tertiary/aromatic N) is 1. The minimum Gasteiger partial charge on any atom is -0.506 e. The molecule has 146 valence electrons. The van der Waals surface area contributed by atoms with Crippen LogP contribution in [0.3, 0.4) is 0 Å². The van der Waals surface area contributed by atoms with Crippen molar-refractivity contribution in [3.05, 3.63) is 30.1 Å². The SMILES string of the molecule is O=C1CN(c2c(O)cc3cc(OCCCC(F)F)ccc3c2F)S(=O)(=O)N1. The Kier molecular flexibility index (Phi) is 5.05. The van der Waals surface area contributed by atoms with E-state index in [0.29, 0.717) is 4.31 Å². The van der Waals surface area contributed by atoms with Crippen molar-refractivity contribution in [1.82, 2.24) is 4.72 Å². The van der Waals surface area contributed by atoms with Crippen molar-refractivity contribution < 1.29 is 36.2 Å². The third-order valence-electron chi connectivity index (χ3n) is 3.91. The molecule has 1 saturated heterocycles. The number of halogens is 3. The zero-order valence-corrected chi connectivity index (χ0v) is 14.6. The number of ether oxygens (including phenoxy) is 1. The van der Waals surface area contributed by atoms with Gasteiger partial charge < -0.3 is 9.84 Å². The number of aromatic hydroxyl groups is 1. The number of hydrogen-bond donors (Lipinski definition) is 2. The molecule has 1 heterocycles. The van der Waals surface area contributed by atoms with Gasteiger partial charge in [-0.3, -0.25) is 4.79 Å². The molecule has 0 bridgehead atoms. The lowest BCUT2D eigenvalue weighted by atomic mass is 10.1. The minimum atomic E-state index is -4.29. The fourth-order valence-electron chi connectivity index (χ4n) is 2.72. The predicted octanol–water partition coefficient (Wildman–Crippen LogP) is 2.29. The fraction of sp³-hybridized carbons (Fsp3) is 0.312. The van der Waals surface area contributed by atoms with E-state index in [1.54, 1.807) is 4.72 Å². The van der Waals surface area contributed by atoms with Crippen molar-refractivity contribution in [3.63, 3.8) is 0 Å². The Balaban J connectivity index is 1.92. The highest BCUT2D eigenvalue weighted by atomic mass is 32.2. The van der Waals surface area contributed by atoms with E-state index in [0.717, 1.165) is 6.07 Å². The van der Waals surface area contributed by atoms with Crippen LogP contribution >= 0.6 is 0 Å². The Labute approximate surface area is 152 Å². The number of anilines is 1. The van der Waals surface area contributed by atoms with Gasteiger partial charge in [-0.05, 0) is 36.1 Å². The summed E-state index contributed by atoms with van der Waals surface area (Å²) in [6.45, 7) is -0.605. The van der Waals surface area contributed by atoms with E-state index in [1.165, 1.54) is 18.2 Å². The summed E-state index contributed by atoms with van der Waals surface area (Å²) < 4.78 is 70.3. The van der Waals surface area contributed by atoms with Crippen molar-refractivity contribution in [2.75, 3.05) is 17.5 Å². The average Bonchev–Trinajstić information content (AvgIpc) is 2.83. The molecule has 0 unspecified atom stereocenters. The lowest BCUT2D eigenvalue weighted by molar-refractivity contribution is -0.117. The van der Waals surface area contributed by atoms with E-state index >= 15 is 0 Å². The summed E-state index contributed by atoms with van der Waals surface area (Å²) in [6.07, 6.45) is -2.58. The van der Waals surface area contributed by atoms with Crippen LogP contribution in [0.2, 0.25) is 0 Å². The molecule has 2 N–H and O–H groups in total. The summed E-state index contributed by atoms with van der Waals surface area (Å²) >= 11 is 0. The maximum Gasteiger partial charge on any atom is 0.326 e. The van der Waals surface area contributed by atoms with Crippen LogP contribution in [-0.4, -0.2) is 39.0 Å². The van der Waals surface area contributed by atoms with Gasteiger partial charge in [0.25, 0.3) is 5.91 Å². The van der Waals surface area contributed by atoms with Gasteiger partial charge in [0.05, 0.1) is 6.61 Å². The maximum atomic E-state index is 14.9. The maximum absolute atomic E-state index is 14.9. The molecule has 0 spiro atoms. The highest BCUT2D eigenvalue weighted by Crippen LogP contribution is 2.39. The standard InChI is InChI=1S/C16H15F3N2O5S/c17-13(18)2-1-5-26-10-3-4-11-9(6-10)7-12(22)16(15(11)19)21-8-14(23)20-27(21,24)25/h3-4,6-7,13,22H,1-2,5,8H2,(H,20,23). The van der Waals surface area contributed by atoms with Gasteiger partial charge in [0.2, 0.25) is 6.43 Å². The van der Waals surface area contributed by atoms with Crippen LogP contribution in [0.15, 0.2) is 24.3 Å². The monoisotopic (exact) mass is 404 g/mol. The Morgan fingerprint density at radius 3 is 2.67 bits per heavy atom. The molecule has 0 aromatic heterocycles. The summed E-state index contributed by atoms with van der Waals surface area (Å²) in [7, 11) is -4.29. The van der Waals surface area contributed by atoms with E-state index < -0.39 is 46.3 Å². The van der Waals surface area contributed by atoms with E-state index in [-0.39, 0.29) is 36.0 Å². The lowest BCUT2D eigenvalue weighted by Gasteiger charge is -2.18. The molecule has 0 atom stereocenters. The van der Waals surface area contributed by atoms with Crippen molar-refractivity contribution in [3.8, 4) is 11.5 Å². The van der Waals surface area contributed by atoms with Gasteiger partial charge >= 0.3 is 10.2 Å². The van der Waals surface area contributed by atoms with Crippen molar-refractivity contribution in [2.24, 2.45) is 0 Å². The number of alkyl halides is 2. The van der Waals surface area contributed by atoms with Gasteiger partial charge in [-0.1, -0.05) is 0 Å². The molecular formula is C16H15F3N2O5S. The largest absolute Gasteiger partial charge is 0.506 e. The molecule has 11 heteroatoms. The third-order valence-corrected chi connectivity index (χ3v) is 5.28. The Morgan fingerprint density at radius 2 is 2.04 bits per heavy atom. The molecule has 7 nitrogen and oxygen atoms in total. The predicted molar refractivity (Wildman–Crippen MR) is 90.7 cm³/mol. The molecular weight excluding hydrogens is 389 g/mol. The first-order valence-corrected chi connectivity index (χ1v) is 9.32. The number of benzene rings is 2. The summed E-state index contributed by atoms with van der Waals surface area (Å²) in [6, 6.07) is 5.24. The number of phenolic OH excluding ortho intramolecular Hbond substituents is 1. The topological polar surface area (TPSA) is 95.9 Å². The molecule has 0 aliphatic carbocycles. The first-order valence-electron chi connectivity index (χ1n) is 7.88. The van der Waals surface area contributed by atoms with Crippen molar-refractivity contribution in [1.29, 1.82) is 0 Å². The molecule has 0 saturated carbocycles. The molecule has 2 aromatic carbocycles. The van der Waals surface area contributed by atoms with Crippen LogP contribution in [0.5, 0.6) is 11.5 Å². The highest BCUT2D eigenvalue weighted by molar-refractivity contribution is 7.92. The molecule has 1 aliphatic rings. The number of phenols is 1. The molecule has 27 heavy (non-hydrogen) atoms. The van der Waals surface area contributed by atoms with Gasteiger partial charge in [0.15, 0.2) is 5.82 Å². The third kappa shape index (κ3) is 3.87. The normalized spacial score (nSPS) is 16.1. The second-order valence-electron chi connectivity index (χ2n) is 5.86. The fourth-order valence-corrected chi connectivity index (χ4v) is 3.88. The highest BCUT2D eigenvalue weighted by Gasteiger charge is 2.37. The molecule has 1 fully saturated rings. The quantitative estimate of drug-likeness (QED) is 0.721. The summed E-state index contributed by atoms with van der Waals surface area (Å²) in [4.78, 5) is 11.3. The van der Waals surface area contributed by atoms with E-state index in [2.05, 4.69) is 0 Å². The number of carbonyl (C=O) groups is 1. The summed E-state index contributed by atoms with van der Waals surface area (Å²) in [5, 5.41) is 10.3. The lowest BCUT2D eigenvalue weighted by Crippen LogP contribution is -2.30. The van der Waals surface area contributed by atoms with Crippen LogP contribution in [0.4, 0.5) is 18.9 Å². The van der Waals surface area contributed by atoms with E-state index in [1.807, 2.05) is 0 Å². The molecule has 0 radical (unpaired) electrons. The molecule has 3 rings (SSSR count). The van der Waals surface area contributed by atoms with E-state index in [9.17, 15) is 31.5 Å². The van der Waals surface area contributed by atoms with Gasteiger partial charge in [0, 0.05) is 11.8 Å². The molecule has 1 amide bonds. The number of rotatable bonds is 6. The number of amides is 1. The van der Waals surface area contributed by atoms with Crippen LogP contribution in [0.1, 0.15) is 12.8 Å². The van der Waals surface area contributed by atoms with Crippen molar-refractivity contribution in [2.45, 2.75) is 19.3 Å². The van der Waals surface area contributed by atoms with E-state index in [4.69, 9.17) is 4.74 Å². The second kappa shape index (κ2) is 7.14. The molecule has 1 aliphatic heterocycles. The van der Waals surface area contributed by atoms with Crippen LogP contribution < -0.4 is 13.8 Å². The van der Waals surface area contributed by atoms with Crippen LogP contribution in [0.25, 0.3) is 10.8 Å². The Hall–Kier alpha value is -2.69. The first-order chi connectivity index (χ1) is 12.7. The number of nitrogens with one attached hydrogen (secondary N) is 1. The Morgan fingerprint density at radius 1 is 1.30 bits per heavy atom. The number of carbonyl (C=O) groups excluding carboxylic acids is 1. The second-order valence-corrected chi connectivity index (χ2v) is 7.45. The zero-order chi connectivity index (χ0) is 19.8. The zero-order valence-electron chi connectivity index (χ0n) is 13.8. The van der Waals surface area contributed by atoms with Crippen molar-refractivity contribution >= 4 is 32.6 Å². The Bertz CT molecular complexity index is 997. The first kappa shape index (κ1) is 19.1. The molecule has 2 aromatic rings. The minimum absolute atomic E-state index is 0.00252. The average molecular weight is 404 g/mol.